The maximum Gasteiger partial charge on any atom is 0.375 e. The summed E-state index contributed by atoms with van der Waals surface area (Å²) in [6, 6.07) is 1.72. The lowest BCUT2D eigenvalue weighted by Crippen LogP contribution is -2.69. The minimum atomic E-state index is -2.54. The van der Waals surface area contributed by atoms with Crippen molar-refractivity contribution in [1.82, 2.24) is 0 Å². The van der Waals surface area contributed by atoms with Gasteiger partial charge in [-0.15, -0.1) is 0 Å². The first-order chi connectivity index (χ1) is 17.4. The summed E-state index contributed by atoms with van der Waals surface area (Å²) in [5.74, 6) is -5.12. The van der Waals surface area contributed by atoms with Crippen molar-refractivity contribution in [3.63, 3.8) is 0 Å². The summed E-state index contributed by atoms with van der Waals surface area (Å²) in [5, 5.41) is -0.783. The molecule has 0 N–H and O–H groups in total. The van der Waals surface area contributed by atoms with Crippen molar-refractivity contribution >= 4 is 34.4 Å². The van der Waals surface area contributed by atoms with Crippen LogP contribution in [-0.2, 0) is 19.1 Å². The molecule has 0 amide bonds. The standard InChI is InChI=1S/C27H27F3O6S/c1-14-9-16-17-11-19(29)18-10-15(31)6-7-24(18,2)26(17,30)21(32)12-25(16,3)27(14,23(34)37-13-28)36-22(33)20-5-4-8-35-20/h4-8,10,14,16-17,19H,9,11-13H2,1-3H3/t14-,16+,17+,19+,24+,25+,26+,27+/m1/s1. The van der Waals surface area contributed by atoms with Gasteiger partial charge in [0.2, 0.25) is 10.9 Å². The average Bonchev–Trinajstić information content (AvgIpc) is 3.45. The third kappa shape index (κ3) is 3.20. The van der Waals surface area contributed by atoms with Gasteiger partial charge in [-0.1, -0.05) is 19.9 Å². The van der Waals surface area contributed by atoms with Crippen LogP contribution in [0.3, 0.4) is 0 Å². The lowest BCUT2D eigenvalue weighted by Gasteiger charge is -2.60. The molecule has 3 saturated carbocycles. The third-order valence-corrected chi connectivity index (χ3v) is 10.1. The number of hydrogen-bond donors (Lipinski definition) is 0. The predicted octanol–water partition coefficient (Wildman–Crippen LogP) is 5.14. The number of halogens is 3. The van der Waals surface area contributed by atoms with E-state index in [1.165, 1.54) is 31.4 Å². The van der Waals surface area contributed by atoms with Crippen LogP contribution >= 0.6 is 11.8 Å². The van der Waals surface area contributed by atoms with E-state index in [0.29, 0.717) is 11.8 Å². The first-order valence-corrected chi connectivity index (χ1v) is 13.2. The van der Waals surface area contributed by atoms with Crippen LogP contribution in [0.25, 0.3) is 0 Å². The molecule has 1 aromatic heterocycles. The number of furan rings is 1. The molecule has 0 unspecified atom stereocenters. The van der Waals surface area contributed by atoms with E-state index in [4.69, 9.17) is 9.15 Å². The summed E-state index contributed by atoms with van der Waals surface area (Å²) < 4.78 is 57.3. The molecule has 198 valence electrons. The Balaban J connectivity index is 1.64. The number of thioether (sulfide) groups is 1. The topological polar surface area (TPSA) is 90.7 Å². The number of fused-ring (bicyclic) bond motifs is 5. The Kier molecular flexibility index (Phi) is 5.93. The van der Waals surface area contributed by atoms with Crippen LogP contribution < -0.4 is 0 Å². The zero-order valence-corrected chi connectivity index (χ0v) is 21.4. The number of ketones is 2. The molecule has 6 nitrogen and oxygen atoms in total. The SMILES string of the molecule is C[C@@H]1C[C@H]2[C@@H]3C[C@H](F)C4=CC(=O)C=C[C@]4(C)[C@@]3(F)C(=O)C[C@]2(C)[C@@]1(OC(=O)c1ccco1)C(=O)SCF. The van der Waals surface area contributed by atoms with E-state index in [1.807, 2.05) is 0 Å². The highest BCUT2D eigenvalue weighted by Crippen LogP contribution is 2.71. The lowest BCUT2D eigenvalue weighted by atomic mass is 9.45. The van der Waals surface area contributed by atoms with Crippen LogP contribution in [0, 0.1) is 28.6 Å². The van der Waals surface area contributed by atoms with Crippen molar-refractivity contribution < 1.29 is 41.5 Å². The van der Waals surface area contributed by atoms with Gasteiger partial charge in [-0.2, -0.15) is 0 Å². The molecular formula is C27H27F3O6S. The largest absolute Gasteiger partial charge is 0.457 e. The minimum absolute atomic E-state index is 0.0682. The van der Waals surface area contributed by atoms with Gasteiger partial charge in [0, 0.05) is 23.7 Å². The van der Waals surface area contributed by atoms with E-state index in [9.17, 15) is 23.6 Å². The summed E-state index contributed by atoms with van der Waals surface area (Å²) in [7, 11) is 0. The molecule has 0 spiro atoms. The van der Waals surface area contributed by atoms with E-state index < -0.39 is 81.1 Å². The lowest BCUT2D eigenvalue weighted by molar-refractivity contribution is -0.186. The number of ether oxygens (including phenoxy) is 1. The first-order valence-electron chi connectivity index (χ1n) is 12.2. The van der Waals surface area contributed by atoms with Crippen molar-refractivity contribution in [1.29, 1.82) is 0 Å². The molecule has 0 saturated heterocycles. The second-order valence-corrected chi connectivity index (χ2v) is 11.8. The Bertz CT molecular complexity index is 1240. The van der Waals surface area contributed by atoms with Crippen molar-refractivity contribution in [3.8, 4) is 0 Å². The first kappa shape index (κ1) is 26.0. The van der Waals surface area contributed by atoms with Gasteiger partial charge in [0.25, 0.3) is 0 Å². The highest BCUT2D eigenvalue weighted by atomic mass is 32.2. The fourth-order valence-electron chi connectivity index (χ4n) is 7.70. The molecule has 8 atom stereocenters. The predicted molar refractivity (Wildman–Crippen MR) is 128 cm³/mol. The number of carbonyl (C=O) groups is 4. The summed E-state index contributed by atoms with van der Waals surface area (Å²) in [4.78, 5) is 52.4. The number of carbonyl (C=O) groups excluding carboxylic acids is 4. The van der Waals surface area contributed by atoms with Crippen LogP contribution in [0.15, 0.2) is 46.6 Å². The number of rotatable bonds is 4. The fraction of sp³-hybridized carbons (Fsp3) is 0.556. The Labute approximate surface area is 216 Å². The van der Waals surface area contributed by atoms with Gasteiger partial charge in [-0.05, 0) is 67.3 Å². The summed E-state index contributed by atoms with van der Waals surface area (Å²) >= 11 is 0.322. The molecule has 0 aliphatic heterocycles. The van der Waals surface area contributed by atoms with Crippen LogP contribution in [0.2, 0.25) is 0 Å². The van der Waals surface area contributed by atoms with Crippen LogP contribution in [-0.4, -0.2) is 46.1 Å². The quantitative estimate of drug-likeness (QED) is 0.493. The Morgan fingerprint density at radius 3 is 2.59 bits per heavy atom. The molecule has 1 aromatic rings. The van der Waals surface area contributed by atoms with Crippen molar-refractivity contribution in [2.45, 2.75) is 57.5 Å². The maximum absolute atomic E-state index is 17.3. The van der Waals surface area contributed by atoms with Crippen LogP contribution in [0.4, 0.5) is 13.2 Å². The highest BCUT2D eigenvalue weighted by molar-refractivity contribution is 8.13. The fourth-order valence-corrected chi connectivity index (χ4v) is 8.49. The molecule has 3 fully saturated rings. The summed E-state index contributed by atoms with van der Waals surface area (Å²) in [6.45, 7) is 4.64. The highest BCUT2D eigenvalue weighted by Gasteiger charge is 2.78. The molecule has 5 rings (SSSR count). The molecule has 10 heteroatoms. The second kappa shape index (κ2) is 8.44. The molecule has 4 aliphatic carbocycles. The Morgan fingerprint density at radius 2 is 1.95 bits per heavy atom. The maximum atomic E-state index is 17.3. The number of hydrogen-bond acceptors (Lipinski definition) is 7. The molecular weight excluding hydrogens is 509 g/mol. The normalized spacial score (nSPS) is 42.5. The zero-order valence-electron chi connectivity index (χ0n) is 20.6. The smallest absolute Gasteiger partial charge is 0.375 e. The van der Waals surface area contributed by atoms with E-state index >= 15 is 8.78 Å². The monoisotopic (exact) mass is 536 g/mol. The van der Waals surface area contributed by atoms with E-state index in [-0.39, 0.29) is 24.2 Å². The molecule has 1 heterocycles. The third-order valence-electron chi connectivity index (χ3n) is 9.40. The number of alkyl halides is 3. The van der Waals surface area contributed by atoms with Gasteiger partial charge in [0.05, 0.1) is 11.7 Å². The van der Waals surface area contributed by atoms with Crippen LogP contribution in [0.5, 0.6) is 0 Å². The van der Waals surface area contributed by atoms with E-state index in [1.54, 1.807) is 13.8 Å². The van der Waals surface area contributed by atoms with Gasteiger partial charge >= 0.3 is 5.97 Å². The number of allylic oxidation sites excluding steroid dienone is 4. The van der Waals surface area contributed by atoms with Gasteiger partial charge < -0.3 is 9.15 Å². The zero-order chi connectivity index (χ0) is 27.0. The van der Waals surface area contributed by atoms with Gasteiger partial charge in [0.1, 0.15) is 12.2 Å². The molecule has 0 aromatic carbocycles. The molecule has 0 bridgehead atoms. The van der Waals surface area contributed by atoms with Gasteiger partial charge in [-0.25, -0.2) is 18.0 Å². The molecule has 4 aliphatic rings. The van der Waals surface area contributed by atoms with Crippen LogP contribution in [0.1, 0.15) is 50.6 Å². The Morgan fingerprint density at radius 1 is 1.22 bits per heavy atom. The molecule has 37 heavy (non-hydrogen) atoms. The summed E-state index contributed by atoms with van der Waals surface area (Å²) in [6.07, 6.45) is 2.35. The average molecular weight is 537 g/mol. The minimum Gasteiger partial charge on any atom is -0.457 e. The van der Waals surface area contributed by atoms with Gasteiger partial charge in [0.15, 0.2) is 22.8 Å². The van der Waals surface area contributed by atoms with E-state index in [2.05, 4.69) is 0 Å². The van der Waals surface area contributed by atoms with Crippen molar-refractivity contribution in [2.24, 2.45) is 28.6 Å². The number of Topliss-reactive ketones (excluding diaryl/α,β-unsaturated/α-hetero) is 1. The summed E-state index contributed by atoms with van der Waals surface area (Å²) in [5.41, 5.74) is -7.70. The molecule has 0 radical (unpaired) electrons. The number of esters is 1. The van der Waals surface area contributed by atoms with E-state index in [0.717, 1.165) is 12.2 Å². The Hall–Kier alpha value is -2.62. The van der Waals surface area contributed by atoms with Crippen molar-refractivity contribution in [2.75, 3.05) is 6.01 Å². The van der Waals surface area contributed by atoms with Crippen molar-refractivity contribution in [3.05, 3.63) is 48.0 Å². The second-order valence-electron chi connectivity index (χ2n) is 11.0. The van der Waals surface area contributed by atoms with Gasteiger partial charge in [-0.3, -0.25) is 14.4 Å².